The van der Waals surface area contributed by atoms with Gasteiger partial charge in [0.1, 0.15) is 23.1 Å². The van der Waals surface area contributed by atoms with E-state index >= 15 is 0 Å². The average molecular weight is 383 g/mol. The average Bonchev–Trinajstić information content (AvgIpc) is 3.17. The normalized spacial score (nSPS) is 20.0. The number of thiophene rings is 1. The minimum Gasteiger partial charge on any atom is -0.384 e. The monoisotopic (exact) mass is 383 g/mol. The van der Waals surface area contributed by atoms with Crippen LogP contribution in [-0.4, -0.2) is 5.78 Å². The molecule has 0 fully saturated rings. The van der Waals surface area contributed by atoms with E-state index < -0.39 is 17.6 Å². The van der Waals surface area contributed by atoms with Gasteiger partial charge in [0.2, 0.25) is 0 Å². The van der Waals surface area contributed by atoms with Crippen LogP contribution in [0.15, 0.2) is 57.7 Å². The zero-order chi connectivity index (χ0) is 19.1. The van der Waals surface area contributed by atoms with Gasteiger partial charge in [0.25, 0.3) is 0 Å². The molecule has 1 aliphatic heterocycles. The highest BCUT2D eigenvalue weighted by molar-refractivity contribution is 7.08. The third-order valence-corrected chi connectivity index (χ3v) is 5.65. The number of nitriles is 1. The first kappa shape index (κ1) is 17.4. The lowest BCUT2D eigenvalue weighted by molar-refractivity contribution is -0.116. The lowest BCUT2D eigenvalue weighted by atomic mass is 9.76. The Hall–Kier alpha value is -2.98. The molecule has 1 aliphatic carbocycles. The summed E-state index contributed by atoms with van der Waals surface area (Å²) in [5.74, 6) is -2.35. The number of halogens is 2. The van der Waals surface area contributed by atoms with Crippen LogP contribution in [0.1, 0.15) is 30.7 Å². The third kappa shape index (κ3) is 2.64. The smallest absolute Gasteiger partial charge is 0.161 e. The van der Waals surface area contributed by atoms with Crippen molar-refractivity contribution in [2.75, 3.05) is 4.90 Å². The Kier molecular flexibility index (Phi) is 4.28. The zero-order valence-electron chi connectivity index (χ0n) is 14.2. The van der Waals surface area contributed by atoms with E-state index in [1.165, 1.54) is 22.3 Å². The third-order valence-electron chi connectivity index (χ3n) is 4.95. The first-order valence-electron chi connectivity index (χ1n) is 8.46. The summed E-state index contributed by atoms with van der Waals surface area (Å²) in [6.07, 6.45) is 1.36. The number of para-hydroxylation sites is 1. The molecular weight excluding hydrogens is 368 g/mol. The largest absolute Gasteiger partial charge is 0.384 e. The van der Waals surface area contributed by atoms with Gasteiger partial charge in [-0.1, -0.05) is 6.07 Å². The molecule has 7 heteroatoms. The van der Waals surface area contributed by atoms with E-state index in [1.807, 2.05) is 16.8 Å². The Morgan fingerprint density at radius 2 is 1.96 bits per heavy atom. The topological polar surface area (TPSA) is 70.1 Å². The molecule has 136 valence electrons. The first-order chi connectivity index (χ1) is 13.0. The predicted octanol–water partition coefficient (Wildman–Crippen LogP) is 4.33. The fraction of sp³-hybridized carbons (Fsp3) is 0.200. The fourth-order valence-corrected chi connectivity index (χ4v) is 4.50. The second kappa shape index (κ2) is 6.63. The van der Waals surface area contributed by atoms with E-state index in [-0.39, 0.29) is 22.9 Å². The number of hydrogen-bond donors (Lipinski definition) is 1. The lowest BCUT2D eigenvalue weighted by Gasteiger charge is -2.39. The van der Waals surface area contributed by atoms with Crippen LogP contribution in [-0.2, 0) is 4.79 Å². The van der Waals surface area contributed by atoms with Gasteiger partial charge in [-0.25, -0.2) is 8.78 Å². The first-order valence-corrected chi connectivity index (χ1v) is 9.41. The number of hydrogen-bond acceptors (Lipinski definition) is 5. The molecule has 4 rings (SSSR count). The van der Waals surface area contributed by atoms with Gasteiger partial charge in [0, 0.05) is 17.7 Å². The number of anilines is 1. The van der Waals surface area contributed by atoms with Gasteiger partial charge >= 0.3 is 0 Å². The Labute approximate surface area is 158 Å². The van der Waals surface area contributed by atoms with Crippen molar-refractivity contribution >= 4 is 22.8 Å². The summed E-state index contributed by atoms with van der Waals surface area (Å²) < 4.78 is 29.0. The Balaban J connectivity index is 2.02. The van der Waals surface area contributed by atoms with Crippen LogP contribution in [0.4, 0.5) is 14.5 Å². The number of allylic oxidation sites excluding steroid dienone is 3. The van der Waals surface area contributed by atoms with Crippen LogP contribution >= 0.6 is 11.3 Å². The number of carbonyl (C=O) groups excluding carboxylic acids is 1. The molecule has 0 amide bonds. The minimum absolute atomic E-state index is 0.0360. The molecule has 2 N–H and O–H groups in total. The van der Waals surface area contributed by atoms with E-state index in [9.17, 15) is 18.8 Å². The maximum atomic E-state index is 14.5. The number of nitrogens with two attached hydrogens (primary N) is 1. The van der Waals surface area contributed by atoms with E-state index in [2.05, 4.69) is 6.07 Å². The minimum atomic E-state index is -0.797. The van der Waals surface area contributed by atoms with Crippen LogP contribution in [0.3, 0.4) is 0 Å². The second-order valence-corrected chi connectivity index (χ2v) is 7.22. The van der Waals surface area contributed by atoms with Crippen molar-refractivity contribution < 1.29 is 13.6 Å². The molecule has 1 aromatic carbocycles. The molecule has 2 aromatic rings. The number of benzene rings is 1. The van der Waals surface area contributed by atoms with Gasteiger partial charge in [0.05, 0.1) is 17.6 Å². The number of rotatable bonds is 2. The van der Waals surface area contributed by atoms with Gasteiger partial charge in [-0.15, -0.1) is 0 Å². The highest BCUT2D eigenvalue weighted by Crippen LogP contribution is 2.47. The van der Waals surface area contributed by atoms with Crippen molar-refractivity contribution in [1.82, 2.24) is 0 Å². The molecule has 2 aliphatic rings. The summed E-state index contributed by atoms with van der Waals surface area (Å²) >= 11 is 1.45. The molecule has 27 heavy (non-hydrogen) atoms. The summed E-state index contributed by atoms with van der Waals surface area (Å²) in [5, 5.41) is 13.5. The van der Waals surface area contributed by atoms with Crippen molar-refractivity contribution in [1.29, 1.82) is 5.26 Å². The van der Waals surface area contributed by atoms with Gasteiger partial charge in [-0.05, 0) is 47.4 Å². The Bertz CT molecular complexity index is 1010. The SMILES string of the molecule is N#CC1=C(N)N(c2c(F)cccc2F)C2=C(C(=O)CCC2)[C@H]1c1ccsc1. The van der Waals surface area contributed by atoms with Crippen LogP contribution in [0.2, 0.25) is 0 Å². The van der Waals surface area contributed by atoms with Crippen LogP contribution in [0.25, 0.3) is 0 Å². The van der Waals surface area contributed by atoms with Gasteiger partial charge in [0.15, 0.2) is 5.78 Å². The maximum absolute atomic E-state index is 14.5. The van der Waals surface area contributed by atoms with E-state index in [0.29, 0.717) is 30.5 Å². The van der Waals surface area contributed by atoms with Crippen LogP contribution in [0.5, 0.6) is 0 Å². The number of nitrogens with zero attached hydrogens (tertiary/aromatic N) is 2. The Morgan fingerprint density at radius 3 is 2.59 bits per heavy atom. The fourth-order valence-electron chi connectivity index (χ4n) is 3.82. The molecule has 1 aromatic heterocycles. The van der Waals surface area contributed by atoms with Gasteiger partial charge < -0.3 is 5.73 Å². The van der Waals surface area contributed by atoms with Crippen molar-refractivity contribution in [3.63, 3.8) is 0 Å². The van der Waals surface area contributed by atoms with Crippen molar-refractivity contribution in [2.45, 2.75) is 25.2 Å². The van der Waals surface area contributed by atoms with E-state index in [4.69, 9.17) is 5.73 Å². The standard InChI is InChI=1S/C20H15F2N3OS/c21-13-3-1-4-14(22)19(13)25-15-5-2-6-16(26)18(15)17(11-7-8-27-10-11)12(9-23)20(25)24/h1,3-4,7-8,10,17H,2,5-6,24H2/t17-/m0/s1. The lowest BCUT2D eigenvalue weighted by Crippen LogP contribution is -2.39. The van der Waals surface area contributed by atoms with E-state index in [1.54, 1.807) is 0 Å². The molecule has 0 spiro atoms. The molecule has 0 saturated heterocycles. The number of Topliss-reactive ketones (excluding diaryl/α,β-unsaturated/α-hetero) is 1. The van der Waals surface area contributed by atoms with Crippen LogP contribution < -0.4 is 10.6 Å². The molecular formula is C20H15F2N3OS. The summed E-state index contributed by atoms with van der Waals surface area (Å²) in [6.45, 7) is 0. The maximum Gasteiger partial charge on any atom is 0.161 e. The number of ketones is 1. The van der Waals surface area contributed by atoms with Crippen molar-refractivity contribution in [2.24, 2.45) is 5.73 Å². The molecule has 2 heterocycles. The quantitative estimate of drug-likeness (QED) is 0.838. The highest BCUT2D eigenvalue weighted by Gasteiger charge is 2.41. The molecule has 0 saturated carbocycles. The molecule has 0 bridgehead atoms. The van der Waals surface area contributed by atoms with Crippen molar-refractivity contribution in [3.8, 4) is 6.07 Å². The summed E-state index contributed by atoms with van der Waals surface area (Å²) in [5.41, 5.74) is 7.71. The molecule has 1 atom stereocenters. The summed E-state index contributed by atoms with van der Waals surface area (Å²) in [6, 6.07) is 7.44. The van der Waals surface area contributed by atoms with Crippen molar-refractivity contribution in [3.05, 3.63) is 74.9 Å². The number of carbonyl (C=O) groups is 1. The van der Waals surface area contributed by atoms with Gasteiger partial charge in [-0.3, -0.25) is 9.69 Å². The summed E-state index contributed by atoms with van der Waals surface area (Å²) in [7, 11) is 0. The molecule has 0 radical (unpaired) electrons. The molecule has 4 nitrogen and oxygen atoms in total. The Morgan fingerprint density at radius 1 is 1.22 bits per heavy atom. The van der Waals surface area contributed by atoms with Crippen LogP contribution in [0, 0.1) is 23.0 Å². The van der Waals surface area contributed by atoms with Gasteiger partial charge in [-0.2, -0.15) is 16.6 Å². The highest BCUT2D eigenvalue weighted by atomic mass is 32.1. The second-order valence-electron chi connectivity index (χ2n) is 6.44. The zero-order valence-corrected chi connectivity index (χ0v) is 15.0. The predicted molar refractivity (Wildman–Crippen MR) is 98.6 cm³/mol. The van der Waals surface area contributed by atoms with E-state index in [0.717, 1.165) is 17.7 Å². The molecule has 0 unspecified atom stereocenters. The summed E-state index contributed by atoms with van der Waals surface area (Å²) in [4.78, 5) is 14.0.